The minimum Gasteiger partial charge on any atom is -0.507 e. The van der Waals surface area contributed by atoms with E-state index in [1.807, 2.05) is 13.8 Å². The molecule has 0 bridgehead atoms. The van der Waals surface area contributed by atoms with E-state index in [9.17, 15) is 24.4 Å². The van der Waals surface area contributed by atoms with Crippen LogP contribution in [0.4, 0.5) is 0 Å². The number of carbonyl (C=O) groups excluding carboxylic acids is 1. The molecule has 1 aliphatic rings. The van der Waals surface area contributed by atoms with Crippen LogP contribution in [0.3, 0.4) is 0 Å². The first-order chi connectivity index (χ1) is 16.6. The van der Waals surface area contributed by atoms with Gasteiger partial charge in [-0.25, -0.2) is 4.79 Å². The van der Waals surface area contributed by atoms with Gasteiger partial charge in [-0.15, -0.1) is 0 Å². The van der Waals surface area contributed by atoms with E-state index in [4.69, 9.17) is 18.5 Å². The predicted molar refractivity (Wildman–Crippen MR) is 131 cm³/mol. The monoisotopic (exact) mass is 512 g/mol. The number of allylic oxidation sites excluding steroid dienone is 2. The number of ether oxygens (including phenoxy) is 2. The highest BCUT2D eigenvalue weighted by Crippen LogP contribution is 2.48. The summed E-state index contributed by atoms with van der Waals surface area (Å²) in [6, 6.07) is 0. The molecule has 0 aliphatic carbocycles. The van der Waals surface area contributed by atoms with Crippen LogP contribution < -0.4 is 4.74 Å². The van der Waals surface area contributed by atoms with Crippen molar-refractivity contribution in [2.45, 2.75) is 60.0 Å². The van der Waals surface area contributed by atoms with Gasteiger partial charge in [0, 0.05) is 11.1 Å². The van der Waals surface area contributed by atoms with Gasteiger partial charge in [-0.2, -0.15) is 0 Å². The number of methoxy groups -OCH3 is 1. The Labute approximate surface area is 206 Å². The predicted octanol–water partition coefficient (Wildman–Crippen LogP) is 5.25. The lowest BCUT2D eigenvalue weighted by Gasteiger charge is -2.20. The highest BCUT2D eigenvalue weighted by molar-refractivity contribution is 7.54. The minimum atomic E-state index is -3.21. The molecule has 1 heterocycles. The molecule has 196 valence electrons. The maximum atomic E-state index is 12.5. The number of cyclic esters (lactones) is 1. The molecule has 0 aromatic heterocycles. The van der Waals surface area contributed by atoms with Crippen molar-refractivity contribution in [1.29, 1.82) is 0 Å². The van der Waals surface area contributed by atoms with Crippen molar-refractivity contribution in [2.24, 2.45) is 11.8 Å². The Morgan fingerprint density at radius 1 is 1.23 bits per heavy atom. The molecule has 1 aromatic rings. The second-order valence-corrected chi connectivity index (χ2v) is 10.8. The molecule has 35 heavy (non-hydrogen) atoms. The maximum Gasteiger partial charge on any atom is 0.342 e. The molecule has 2 rings (SSSR count). The van der Waals surface area contributed by atoms with Crippen molar-refractivity contribution in [3.63, 3.8) is 0 Å². The Kier molecular flexibility index (Phi) is 10.8. The van der Waals surface area contributed by atoms with Crippen LogP contribution >= 0.6 is 7.60 Å². The summed E-state index contributed by atoms with van der Waals surface area (Å²) in [5.74, 6) is -1.65. The molecule has 10 heteroatoms. The second kappa shape index (κ2) is 13.1. The number of aromatic hydroxyl groups is 1. The first kappa shape index (κ1) is 28.9. The summed E-state index contributed by atoms with van der Waals surface area (Å²) >= 11 is 0. The molecule has 0 saturated heterocycles. The molecule has 0 fully saturated rings. The third kappa shape index (κ3) is 7.32. The minimum absolute atomic E-state index is 0.0204. The highest BCUT2D eigenvalue weighted by atomic mass is 31.2. The van der Waals surface area contributed by atoms with E-state index < -0.39 is 25.5 Å². The van der Waals surface area contributed by atoms with Crippen LogP contribution in [0, 0.1) is 18.8 Å². The number of rotatable bonds is 15. The van der Waals surface area contributed by atoms with Gasteiger partial charge in [0.25, 0.3) is 0 Å². The molecule has 2 unspecified atom stereocenters. The molecule has 0 saturated carbocycles. The SMILES string of the molecule is CCOP(=O)(C/C=C/CC(CC(C)CCc1c(O)c2c(c(C)c1OC)COC2=O)C(=O)O)OCC. The summed E-state index contributed by atoms with van der Waals surface area (Å²) in [6.45, 7) is 7.91. The lowest BCUT2D eigenvalue weighted by atomic mass is 9.87. The number of hydrogen-bond donors (Lipinski definition) is 2. The van der Waals surface area contributed by atoms with Crippen LogP contribution in [0.1, 0.15) is 67.1 Å². The third-order valence-electron chi connectivity index (χ3n) is 6.14. The lowest BCUT2D eigenvalue weighted by molar-refractivity contribution is -0.142. The van der Waals surface area contributed by atoms with E-state index in [2.05, 4.69) is 0 Å². The zero-order valence-electron chi connectivity index (χ0n) is 21.2. The van der Waals surface area contributed by atoms with Gasteiger partial charge < -0.3 is 28.7 Å². The van der Waals surface area contributed by atoms with Gasteiger partial charge in [-0.1, -0.05) is 19.1 Å². The molecule has 2 N–H and O–H groups in total. The molecule has 0 amide bonds. The zero-order chi connectivity index (χ0) is 26.2. The van der Waals surface area contributed by atoms with Crippen molar-refractivity contribution in [1.82, 2.24) is 0 Å². The Balaban J connectivity index is 2.03. The van der Waals surface area contributed by atoms with Gasteiger partial charge in [0.2, 0.25) is 0 Å². The summed E-state index contributed by atoms with van der Waals surface area (Å²) in [7, 11) is -1.69. The lowest BCUT2D eigenvalue weighted by Crippen LogP contribution is -2.17. The zero-order valence-corrected chi connectivity index (χ0v) is 22.1. The standard InChI is InChI=1S/C25H37O9P/c1-6-33-35(30,34-7-2)13-9-8-10-18(24(27)28)14-16(3)11-12-19-22(26)21-20(15-32-25(21)29)17(4)23(19)31-5/h8-9,16,18,26H,6-7,10-15H2,1-5H3,(H,27,28)/b9-8+. The third-order valence-corrected chi connectivity index (χ3v) is 8.10. The van der Waals surface area contributed by atoms with E-state index in [0.29, 0.717) is 36.1 Å². The summed E-state index contributed by atoms with van der Waals surface area (Å²) in [4.78, 5) is 23.9. The van der Waals surface area contributed by atoms with Crippen molar-refractivity contribution in [2.75, 3.05) is 26.5 Å². The quantitative estimate of drug-likeness (QED) is 0.184. The molecule has 1 aromatic carbocycles. The van der Waals surface area contributed by atoms with E-state index >= 15 is 0 Å². The Hall–Kier alpha value is -2.35. The van der Waals surface area contributed by atoms with Crippen LogP contribution in [-0.4, -0.2) is 48.6 Å². The van der Waals surface area contributed by atoms with E-state index in [0.717, 1.165) is 5.56 Å². The van der Waals surface area contributed by atoms with Gasteiger partial charge in [-0.05, 0) is 57.9 Å². The summed E-state index contributed by atoms with van der Waals surface area (Å²) < 4.78 is 33.6. The van der Waals surface area contributed by atoms with Gasteiger partial charge in [0.05, 0.1) is 32.4 Å². The number of esters is 1. The first-order valence-electron chi connectivity index (χ1n) is 11.9. The van der Waals surface area contributed by atoms with Crippen molar-refractivity contribution >= 4 is 19.5 Å². The van der Waals surface area contributed by atoms with Crippen LogP contribution in [-0.2, 0) is 36.2 Å². The number of carbonyl (C=O) groups is 2. The fourth-order valence-electron chi connectivity index (χ4n) is 4.36. The maximum absolute atomic E-state index is 12.5. The molecular formula is C25H37O9P. The number of carboxylic acids is 1. The number of fused-ring (bicyclic) bond motifs is 1. The first-order valence-corrected chi connectivity index (χ1v) is 13.7. The fourth-order valence-corrected chi connectivity index (χ4v) is 5.84. The van der Waals surface area contributed by atoms with Crippen LogP contribution in [0.25, 0.3) is 0 Å². The number of aliphatic carboxylic acids is 1. The van der Waals surface area contributed by atoms with Crippen LogP contribution in [0.2, 0.25) is 0 Å². The Bertz CT molecular complexity index is 976. The van der Waals surface area contributed by atoms with Gasteiger partial charge >= 0.3 is 19.5 Å². The van der Waals surface area contributed by atoms with E-state index in [1.165, 1.54) is 7.11 Å². The smallest absolute Gasteiger partial charge is 0.342 e. The Morgan fingerprint density at radius 2 is 1.89 bits per heavy atom. The van der Waals surface area contributed by atoms with E-state index in [-0.39, 0.29) is 49.6 Å². The molecule has 9 nitrogen and oxygen atoms in total. The van der Waals surface area contributed by atoms with Crippen molar-refractivity contribution in [3.8, 4) is 11.5 Å². The molecule has 0 radical (unpaired) electrons. The topological polar surface area (TPSA) is 129 Å². The highest BCUT2D eigenvalue weighted by Gasteiger charge is 2.32. The number of benzene rings is 1. The van der Waals surface area contributed by atoms with Gasteiger partial charge in [-0.3, -0.25) is 9.36 Å². The molecule has 0 spiro atoms. The summed E-state index contributed by atoms with van der Waals surface area (Å²) in [5, 5.41) is 20.4. The fraction of sp³-hybridized carbons (Fsp3) is 0.600. The van der Waals surface area contributed by atoms with Crippen molar-refractivity contribution in [3.05, 3.63) is 34.4 Å². The molecule has 2 atom stereocenters. The van der Waals surface area contributed by atoms with Gasteiger partial charge in [0.1, 0.15) is 23.7 Å². The van der Waals surface area contributed by atoms with Crippen molar-refractivity contribution < 1.29 is 42.9 Å². The number of hydrogen-bond acceptors (Lipinski definition) is 8. The average molecular weight is 513 g/mol. The van der Waals surface area contributed by atoms with Gasteiger partial charge in [0.15, 0.2) is 0 Å². The number of phenols is 1. The largest absolute Gasteiger partial charge is 0.507 e. The average Bonchev–Trinajstić information content (AvgIpc) is 3.19. The van der Waals surface area contributed by atoms with Crippen LogP contribution in [0.15, 0.2) is 12.2 Å². The summed E-state index contributed by atoms with van der Waals surface area (Å²) in [5.41, 5.74) is 2.12. The number of phenolic OH excluding ortho intramolecular Hbond substituents is 1. The number of carboxylic acid groups (broad SMARTS) is 1. The Morgan fingerprint density at radius 3 is 2.46 bits per heavy atom. The summed E-state index contributed by atoms with van der Waals surface area (Å²) in [6.07, 6.45) is 5.18. The normalized spacial score (nSPS) is 15.2. The van der Waals surface area contributed by atoms with Crippen LogP contribution in [0.5, 0.6) is 11.5 Å². The molecular weight excluding hydrogens is 475 g/mol. The molecule has 1 aliphatic heterocycles. The second-order valence-electron chi connectivity index (χ2n) is 8.67. The van der Waals surface area contributed by atoms with E-state index in [1.54, 1.807) is 26.0 Å².